The predicted molar refractivity (Wildman–Crippen MR) is 76.8 cm³/mol. The smallest absolute Gasteiger partial charge is 0.00957 e. The van der Waals surface area contributed by atoms with Crippen molar-refractivity contribution in [1.82, 2.24) is 9.80 Å². The Morgan fingerprint density at radius 3 is 1.06 bits per heavy atom. The first-order valence-corrected chi connectivity index (χ1v) is 8.19. The zero-order chi connectivity index (χ0) is 12.5. The monoisotopic (exact) mass is 250 g/mol. The average Bonchev–Trinajstić information content (AvgIpc) is 2.38. The molecule has 0 spiro atoms. The van der Waals surface area contributed by atoms with Crippen molar-refractivity contribution in [2.24, 2.45) is 0 Å². The maximum absolute atomic E-state index is 2.74. The maximum Gasteiger partial charge on any atom is 0.00957 e. The van der Waals surface area contributed by atoms with Gasteiger partial charge in [-0.1, -0.05) is 12.8 Å². The summed E-state index contributed by atoms with van der Waals surface area (Å²) in [6.07, 6.45) is 14.5. The van der Waals surface area contributed by atoms with Crippen LogP contribution in [0.2, 0.25) is 0 Å². The topological polar surface area (TPSA) is 6.48 Å². The van der Waals surface area contributed by atoms with Crippen molar-refractivity contribution in [3.63, 3.8) is 0 Å². The van der Waals surface area contributed by atoms with Crippen LogP contribution in [0, 0.1) is 0 Å². The second-order valence-electron chi connectivity index (χ2n) is 6.96. The molecule has 0 aliphatic carbocycles. The second-order valence-corrected chi connectivity index (χ2v) is 6.96. The van der Waals surface area contributed by atoms with Crippen LogP contribution < -0.4 is 0 Å². The van der Waals surface area contributed by atoms with Gasteiger partial charge in [-0.25, -0.2) is 0 Å². The number of fused-ring (bicyclic) bond motifs is 4. The van der Waals surface area contributed by atoms with Crippen LogP contribution in [0.5, 0.6) is 0 Å². The van der Waals surface area contributed by atoms with Crippen LogP contribution in [-0.2, 0) is 0 Å². The quantitative estimate of drug-likeness (QED) is 0.651. The van der Waals surface area contributed by atoms with E-state index >= 15 is 0 Å². The molecule has 0 saturated carbocycles. The Kier molecular flexibility index (Phi) is 3.95. The molecule has 0 radical (unpaired) electrons. The van der Waals surface area contributed by atoms with Crippen LogP contribution in [0.3, 0.4) is 0 Å². The Morgan fingerprint density at radius 1 is 0.500 bits per heavy atom. The van der Waals surface area contributed by atoms with E-state index in [-0.39, 0.29) is 0 Å². The lowest BCUT2D eigenvalue weighted by Gasteiger charge is -2.46. The van der Waals surface area contributed by atoms with Gasteiger partial charge < -0.3 is 9.80 Å². The summed E-state index contributed by atoms with van der Waals surface area (Å²) in [5, 5.41) is 0. The number of nitrogens with zero attached hydrogens (tertiary/aromatic N) is 2. The second kappa shape index (κ2) is 5.50. The third-order valence-corrected chi connectivity index (χ3v) is 6.12. The van der Waals surface area contributed by atoms with Gasteiger partial charge in [0.1, 0.15) is 0 Å². The lowest BCUT2D eigenvalue weighted by atomic mass is 9.83. The van der Waals surface area contributed by atoms with E-state index in [4.69, 9.17) is 0 Å². The summed E-state index contributed by atoms with van der Waals surface area (Å²) < 4.78 is 0. The van der Waals surface area contributed by atoms with Gasteiger partial charge in [0.05, 0.1) is 0 Å². The molecule has 2 heteroatoms. The summed E-state index contributed by atoms with van der Waals surface area (Å²) in [5.41, 5.74) is 0. The highest BCUT2D eigenvalue weighted by Gasteiger charge is 2.33. The molecule has 4 bridgehead atoms. The molecule has 3 rings (SSSR count). The van der Waals surface area contributed by atoms with Crippen molar-refractivity contribution in [3.05, 3.63) is 0 Å². The van der Waals surface area contributed by atoms with E-state index in [9.17, 15) is 0 Å². The Balaban J connectivity index is 1.74. The molecule has 0 amide bonds. The van der Waals surface area contributed by atoms with Gasteiger partial charge >= 0.3 is 0 Å². The lowest BCUT2D eigenvalue weighted by molar-refractivity contribution is 0.0425. The molecule has 3 fully saturated rings. The molecule has 0 aromatic heterocycles. The number of hydrogen-bond acceptors (Lipinski definition) is 2. The van der Waals surface area contributed by atoms with Gasteiger partial charge in [0, 0.05) is 24.2 Å². The third-order valence-electron chi connectivity index (χ3n) is 6.12. The van der Waals surface area contributed by atoms with Gasteiger partial charge in [-0.2, -0.15) is 0 Å². The zero-order valence-electron chi connectivity index (χ0n) is 12.3. The van der Waals surface area contributed by atoms with E-state index in [1.165, 1.54) is 64.2 Å². The van der Waals surface area contributed by atoms with Crippen LogP contribution in [0.1, 0.15) is 64.2 Å². The lowest BCUT2D eigenvalue weighted by Crippen LogP contribution is -2.49. The summed E-state index contributed by atoms with van der Waals surface area (Å²) >= 11 is 0. The van der Waals surface area contributed by atoms with E-state index in [0.29, 0.717) is 0 Å². The van der Waals surface area contributed by atoms with Crippen molar-refractivity contribution in [1.29, 1.82) is 0 Å². The minimum atomic E-state index is 0.885. The molecule has 4 atom stereocenters. The molecular formula is C16H30N2. The largest absolute Gasteiger partial charge is 0.300 e. The zero-order valence-corrected chi connectivity index (χ0v) is 12.3. The Hall–Kier alpha value is -0.0800. The van der Waals surface area contributed by atoms with Crippen LogP contribution in [0.4, 0.5) is 0 Å². The number of piperidine rings is 2. The standard InChI is InChI=1S/C16H30N2/c1-17-13-5-3-6-14(17)10-12-16-8-4-7-15(11-9-13)18(16)2/h13-16H,3-12H2,1-2H3/t13-,14+,15+,16-. The molecular weight excluding hydrogens is 220 g/mol. The fraction of sp³-hybridized carbons (Fsp3) is 1.00. The molecule has 104 valence electrons. The molecule has 18 heavy (non-hydrogen) atoms. The van der Waals surface area contributed by atoms with Gasteiger partial charge in [0.2, 0.25) is 0 Å². The first-order valence-electron chi connectivity index (χ1n) is 8.19. The third kappa shape index (κ3) is 2.46. The number of rotatable bonds is 0. The van der Waals surface area contributed by atoms with Crippen molar-refractivity contribution in [3.8, 4) is 0 Å². The van der Waals surface area contributed by atoms with Crippen LogP contribution in [0.15, 0.2) is 0 Å². The Labute approximate surface area is 113 Å². The minimum Gasteiger partial charge on any atom is -0.300 e. The number of hydrogen-bond donors (Lipinski definition) is 0. The van der Waals surface area contributed by atoms with Crippen LogP contribution in [0.25, 0.3) is 0 Å². The summed E-state index contributed by atoms with van der Waals surface area (Å²) in [5.74, 6) is 0. The van der Waals surface area contributed by atoms with Crippen molar-refractivity contribution in [2.45, 2.75) is 88.4 Å². The predicted octanol–water partition coefficient (Wildman–Crippen LogP) is 3.27. The van der Waals surface area contributed by atoms with E-state index < -0.39 is 0 Å². The highest BCUT2D eigenvalue weighted by Crippen LogP contribution is 2.34. The summed E-state index contributed by atoms with van der Waals surface area (Å²) in [6.45, 7) is 0. The highest BCUT2D eigenvalue weighted by molar-refractivity contribution is 4.90. The molecule has 0 aromatic carbocycles. The van der Waals surface area contributed by atoms with Crippen LogP contribution >= 0.6 is 0 Å². The molecule has 3 heterocycles. The molecule has 0 N–H and O–H groups in total. The summed E-state index contributed by atoms with van der Waals surface area (Å²) in [7, 11) is 4.80. The van der Waals surface area contributed by atoms with Crippen molar-refractivity contribution in [2.75, 3.05) is 14.1 Å². The first kappa shape index (κ1) is 12.9. The Morgan fingerprint density at radius 2 is 0.778 bits per heavy atom. The van der Waals surface area contributed by atoms with Gasteiger partial charge in [-0.15, -0.1) is 0 Å². The van der Waals surface area contributed by atoms with Gasteiger partial charge in [0.25, 0.3) is 0 Å². The van der Waals surface area contributed by atoms with Crippen molar-refractivity contribution < 1.29 is 0 Å². The summed E-state index contributed by atoms with van der Waals surface area (Å²) in [4.78, 5) is 5.48. The maximum atomic E-state index is 2.74. The van der Waals surface area contributed by atoms with Crippen LogP contribution in [-0.4, -0.2) is 48.1 Å². The highest BCUT2D eigenvalue weighted by atomic mass is 15.2. The minimum absolute atomic E-state index is 0.885. The van der Waals surface area contributed by atoms with E-state index in [0.717, 1.165) is 24.2 Å². The molecule has 3 aliphatic heterocycles. The SMILES string of the molecule is CN1[C@@H]2CCC[C@H]1CC[C@H]1CCC[C@@H](CC2)N1C. The van der Waals surface area contributed by atoms with E-state index in [1.54, 1.807) is 0 Å². The van der Waals surface area contributed by atoms with E-state index in [2.05, 4.69) is 23.9 Å². The van der Waals surface area contributed by atoms with E-state index in [1.807, 2.05) is 0 Å². The average molecular weight is 250 g/mol. The van der Waals surface area contributed by atoms with Gasteiger partial charge in [-0.05, 0) is 65.5 Å². The fourth-order valence-corrected chi connectivity index (χ4v) is 4.75. The van der Waals surface area contributed by atoms with Crippen molar-refractivity contribution >= 4 is 0 Å². The first-order chi connectivity index (χ1) is 8.75. The molecule has 2 nitrogen and oxygen atoms in total. The van der Waals surface area contributed by atoms with Gasteiger partial charge in [-0.3, -0.25) is 0 Å². The molecule has 3 aliphatic rings. The molecule has 0 aromatic rings. The Bertz CT molecular complexity index is 226. The molecule has 3 saturated heterocycles. The summed E-state index contributed by atoms with van der Waals surface area (Å²) in [6, 6.07) is 3.54. The fourth-order valence-electron chi connectivity index (χ4n) is 4.75. The van der Waals surface area contributed by atoms with Gasteiger partial charge in [0.15, 0.2) is 0 Å². The molecule has 0 unspecified atom stereocenters. The normalized spacial score (nSPS) is 43.7.